The molecular formula is C16H19N3O2. The van der Waals surface area contributed by atoms with Gasteiger partial charge >= 0.3 is 0 Å². The van der Waals surface area contributed by atoms with Crippen LogP contribution in [-0.2, 0) is 0 Å². The van der Waals surface area contributed by atoms with Gasteiger partial charge in [0.1, 0.15) is 5.75 Å². The Kier molecular flexibility index (Phi) is 3.90. The molecule has 1 aliphatic rings. The molecule has 5 nitrogen and oxygen atoms in total. The summed E-state index contributed by atoms with van der Waals surface area (Å²) in [4.78, 5) is 16.4. The zero-order valence-corrected chi connectivity index (χ0v) is 12.1. The van der Waals surface area contributed by atoms with Crippen LogP contribution in [0.1, 0.15) is 32.2 Å². The molecule has 1 heterocycles. The number of ether oxygens (including phenoxy) is 1. The highest BCUT2D eigenvalue weighted by Crippen LogP contribution is 2.33. The van der Waals surface area contributed by atoms with Crippen LogP contribution in [0.3, 0.4) is 0 Å². The van der Waals surface area contributed by atoms with Gasteiger partial charge in [-0.2, -0.15) is 0 Å². The van der Waals surface area contributed by atoms with Crippen LogP contribution in [0.2, 0.25) is 0 Å². The molecule has 110 valence electrons. The molecule has 2 aromatic rings. The van der Waals surface area contributed by atoms with Crippen LogP contribution < -0.4 is 15.6 Å². The van der Waals surface area contributed by atoms with Crippen LogP contribution in [0.15, 0.2) is 41.5 Å². The van der Waals surface area contributed by atoms with Crippen molar-refractivity contribution >= 4 is 11.5 Å². The van der Waals surface area contributed by atoms with Crippen LogP contribution in [-0.4, -0.2) is 16.2 Å². The molecule has 0 aliphatic heterocycles. The Morgan fingerprint density at radius 1 is 1.33 bits per heavy atom. The Bertz CT molecular complexity index is 660. The number of anilines is 2. The van der Waals surface area contributed by atoms with Crippen molar-refractivity contribution in [3.63, 3.8) is 0 Å². The molecule has 1 saturated carbocycles. The summed E-state index contributed by atoms with van der Waals surface area (Å²) >= 11 is 0. The minimum absolute atomic E-state index is 0.0636. The number of hydrogen-bond acceptors (Lipinski definition) is 4. The highest BCUT2D eigenvalue weighted by molar-refractivity contribution is 5.56. The minimum Gasteiger partial charge on any atom is -0.494 e. The van der Waals surface area contributed by atoms with E-state index < -0.39 is 0 Å². The number of aromatic nitrogens is 2. The fourth-order valence-electron chi connectivity index (χ4n) is 2.14. The van der Waals surface area contributed by atoms with Crippen molar-refractivity contribution in [2.75, 3.05) is 11.9 Å². The van der Waals surface area contributed by atoms with E-state index in [1.807, 2.05) is 24.3 Å². The fourth-order valence-corrected chi connectivity index (χ4v) is 2.14. The van der Waals surface area contributed by atoms with Gasteiger partial charge in [0.05, 0.1) is 6.61 Å². The van der Waals surface area contributed by atoms with Crippen molar-refractivity contribution in [2.45, 2.75) is 32.2 Å². The number of nitrogens with zero attached hydrogens (tertiary/aromatic N) is 2. The van der Waals surface area contributed by atoms with Gasteiger partial charge in [-0.3, -0.25) is 4.79 Å². The topological polar surface area (TPSA) is 56.1 Å². The lowest BCUT2D eigenvalue weighted by Gasteiger charge is -2.09. The van der Waals surface area contributed by atoms with Crippen molar-refractivity contribution in [1.29, 1.82) is 0 Å². The predicted molar refractivity (Wildman–Crippen MR) is 82.3 cm³/mol. The molecule has 1 fully saturated rings. The number of nitrogens with one attached hydrogen (secondary N) is 1. The average Bonchev–Trinajstić information content (AvgIpc) is 3.33. The first kappa shape index (κ1) is 13.7. The van der Waals surface area contributed by atoms with Crippen molar-refractivity contribution in [1.82, 2.24) is 9.55 Å². The molecule has 0 unspecified atom stereocenters. The molecule has 21 heavy (non-hydrogen) atoms. The van der Waals surface area contributed by atoms with E-state index in [2.05, 4.69) is 17.2 Å². The SMILES string of the molecule is CCCOc1ccc(Nc2nccn(C3CC3)c2=O)cc1. The molecule has 0 radical (unpaired) electrons. The molecule has 0 bridgehead atoms. The first-order valence-corrected chi connectivity index (χ1v) is 7.35. The highest BCUT2D eigenvalue weighted by atomic mass is 16.5. The van der Waals surface area contributed by atoms with Gasteiger partial charge in [-0.1, -0.05) is 6.92 Å². The molecule has 1 aromatic carbocycles. The Morgan fingerprint density at radius 2 is 2.10 bits per heavy atom. The second-order valence-electron chi connectivity index (χ2n) is 5.22. The van der Waals surface area contributed by atoms with Gasteiger partial charge < -0.3 is 14.6 Å². The maximum absolute atomic E-state index is 12.3. The van der Waals surface area contributed by atoms with Gasteiger partial charge in [-0.15, -0.1) is 0 Å². The number of benzene rings is 1. The van der Waals surface area contributed by atoms with Gasteiger partial charge in [0.25, 0.3) is 5.56 Å². The molecule has 1 aromatic heterocycles. The van der Waals surface area contributed by atoms with Gasteiger partial charge in [-0.05, 0) is 43.5 Å². The Hall–Kier alpha value is -2.30. The largest absolute Gasteiger partial charge is 0.494 e. The lowest BCUT2D eigenvalue weighted by atomic mass is 10.3. The Balaban J connectivity index is 1.74. The molecular weight excluding hydrogens is 266 g/mol. The maximum Gasteiger partial charge on any atom is 0.293 e. The molecule has 3 rings (SSSR count). The minimum atomic E-state index is -0.0636. The Labute approximate surface area is 123 Å². The second kappa shape index (κ2) is 5.99. The zero-order valence-electron chi connectivity index (χ0n) is 12.1. The van der Waals surface area contributed by atoms with Crippen molar-refractivity contribution in [3.8, 4) is 5.75 Å². The monoisotopic (exact) mass is 285 g/mol. The maximum atomic E-state index is 12.3. The highest BCUT2D eigenvalue weighted by Gasteiger charge is 2.25. The van der Waals surface area contributed by atoms with Gasteiger partial charge in [0.15, 0.2) is 5.82 Å². The summed E-state index contributed by atoms with van der Waals surface area (Å²) in [5.41, 5.74) is 0.767. The predicted octanol–water partition coefficient (Wildman–Crippen LogP) is 3.11. The van der Waals surface area contributed by atoms with E-state index in [1.54, 1.807) is 17.0 Å². The number of hydrogen-bond donors (Lipinski definition) is 1. The molecule has 0 atom stereocenters. The van der Waals surface area contributed by atoms with Gasteiger partial charge in [-0.25, -0.2) is 4.98 Å². The van der Waals surface area contributed by atoms with Crippen molar-refractivity contribution in [3.05, 3.63) is 47.0 Å². The van der Waals surface area contributed by atoms with E-state index in [9.17, 15) is 4.79 Å². The quantitative estimate of drug-likeness (QED) is 0.886. The second-order valence-corrected chi connectivity index (χ2v) is 5.22. The van der Waals surface area contributed by atoms with Gasteiger partial charge in [0.2, 0.25) is 0 Å². The van der Waals surface area contributed by atoms with E-state index >= 15 is 0 Å². The van der Waals surface area contributed by atoms with Crippen LogP contribution in [0.25, 0.3) is 0 Å². The van der Waals surface area contributed by atoms with Crippen LogP contribution in [0.4, 0.5) is 11.5 Å². The van der Waals surface area contributed by atoms with Crippen molar-refractivity contribution < 1.29 is 4.74 Å². The van der Waals surface area contributed by atoms with Gasteiger partial charge in [0, 0.05) is 24.1 Å². The van der Waals surface area contributed by atoms with Crippen molar-refractivity contribution in [2.24, 2.45) is 0 Å². The first-order chi connectivity index (χ1) is 10.3. The molecule has 0 amide bonds. The normalized spacial score (nSPS) is 14.0. The van der Waals surface area contributed by atoms with Crippen LogP contribution in [0.5, 0.6) is 5.75 Å². The fraction of sp³-hybridized carbons (Fsp3) is 0.375. The van der Waals surface area contributed by atoms with E-state index in [-0.39, 0.29) is 5.56 Å². The van der Waals surface area contributed by atoms with Crippen LogP contribution >= 0.6 is 0 Å². The molecule has 0 spiro atoms. The third-order valence-electron chi connectivity index (χ3n) is 3.40. The molecule has 1 aliphatic carbocycles. The lowest BCUT2D eigenvalue weighted by molar-refractivity contribution is 0.317. The van der Waals surface area contributed by atoms with Crippen LogP contribution in [0, 0.1) is 0 Å². The molecule has 5 heteroatoms. The summed E-state index contributed by atoms with van der Waals surface area (Å²) in [7, 11) is 0. The summed E-state index contributed by atoms with van der Waals surface area (Å²) < 4.78 is 7.29. The van der Waals surface area contributed by atoms with E-state index in [0.29, 0.717) is 18.5 Å². The first-order valence-electron chi connectivity index (χ1n) is 7.35. The lowest BCUT2D eigenvalue weighted by Crippen LogP contribution is -2.22. The third kappa shape index (κ3) is 3.24. The zero-order chi connectivity index (χ0) is 14.7. The van der Waals surface area contributed by atoms with E-state index in [0.717, 1.165) is 30.7 Å². The summed E-state index contributed by atoms with van der Waals surface area (Å²) in [6.45, 7) is 2.78. The summed E-state index contributed by atoms with van der Waals surface area (Å²) in [6.07, 6.45) is 6.56. The Morgan fingerprint density at radius 3 is 2.76 bits per heavy atom. The number of rotatable bonds is 6. The summed E-state index contributed by atoms with van der Waals surface area (Å²) in [6, 6.07) is 7.91. The standard InChI is InChI=1S/C16H19N3O2/c1-2-11-21-14-7-3-12(4-8-14)18-15-16(20)19(10-9-17-15)13-5-6-13/h3-4,7-10,13H,2,5-6,11H2,1H3,(H,17,18). The third-order valence-corrected chi connectivity index (χ3v) is 3.40. The van der Waals surface area contributed by atoms with E-state index in [4.69, 9.17) is 4.74 Å². The van der Waals surface area contributed by atoms with E-state index in [1.165, 1.54) is 0 Å². The molecule has 1 N–H and O–H groups in total. The molecule has 0 saturated heterocycles. The smallest absolute Gasteiger partial charge is 0.293 e. The average molecular weight is 285 g/mol. The summed E-state index contributed by atoms with van der Waals surface area (Å²) in [5.74, 6) is 1.20. The summed E-state index contributed by atoms with van der Waals surface area (Å²) in [5, 5.41) is 3.08.